The van der Waals surface area contributed by atoms with Gasteiger partial charge in [-0.1, -0.05) is 141 Å². The van der Waals surface area contributed by atoms with Crippen molar-refractivity contribution in [3.05, 3.63) is 197 Å². The molecule has 3 heterocycles. The van der Waals surface area contributed by atoms with E-state index in [1.807, 2.05) is 12.3 Å². The van der Waals surface area contributed by atoms with Gasteiger partial charge in [-0.05, 0) is 103 Å². The van der Waals surface area contributed by atoms with E-state index in [1.54, 1.807) is 0 Å². The number of hydrogen-bond donors (Lipinski definition) is 3. The minimum absolute atomic E-state index is 0.106. The van der Waals surface area contributed by atoms with Crippen LogP contribution in [0.4, 0.5) is 5.69 Å². The minimum Gasteiger partial charge on any atom is -0.379 e. The third kappa shape index (κ3) is 5.57. The van der Waals surface area contributed by atoms with Crippen LogP contribution in [0, 0.1) is 0 Å². The summed E-state index contributed by atoms with van der Waals surface area (Å²) in [5.41, 5.74) is 16.4. The zero-order valence-electron chi connectivity index (χ0n) is 31.9. The molecule has 57 heavy (non-hydrogen) atoms. The molecule has 5 nitrogen and oxygen atoms in total. The van der Waals surface area contributed by atoms with Crippen LogP contribution in [0.25, 0.3) is 61.1 Å². The smallest absolute Gasteiger partial charge is 0.131 e. The van der Waals surface area contributed by atoms with Crippen molar-refractivity contribution in [1.82, 2.24) is 15.6 Å². The lowest BCUT2D eigenvalue weighted by molar-refractivity contribution is 0.409. The summed E-state index contributed by atoms with van der Waals surface area (Å²) in [5, 5.41) is 14.9. The minimum atomic E-state index is -0.327. The van der Waals surface area contributed by atoms with Crippen molar-refractivity contribution >= 4 is 39.3 Å². The Bertz CT molecular complexity index is 2950. The summed E-state index contributed by atoms with van der Waals surface area (Å²) in [6.07, 6.45) is 5.82. The average molecular weight is 736 g/mol. The molecule has 0 bridgehead atoms. The highest BCUT2D eigenvalue weighted by atomic mass is 15.3. The van der Waals surface area contributed by atoms with Crippen LogP contribution < -0.4 is 16.0 Å². The van der Waals surface area contributed by atoms with Gasteiger partial charge in [0.25, 0.3) is 0 Å². The summed E-state index contributed by atoms with van der Waals surface area (Å²) in [5.74, 6) is 0.864. The van der Waals surface area contributed by atoms with Gasteiger partial charge in [-0.2, -0.15) is 0 Å². The van der Waals surface area contributed by atoms with Gasteiger partial charge in [0.05, 0.1) is 11.2 Å². The lowest BCUT2D eigenvalue weighted by Gasteiger charge is -2.32. The molecule has 0 fully saturated rings. The summed E-state index contributed by atoms with van der Waals surface area (Å²) >= 11 is 0. The summed E-state index contributed by atoms with van der Waals surface area (Å²) in [4.78, 5) is 10.3. The van der Waals surface area contributed by atoms with Gasteiger partial charge < -0.3 is 10.6 Å². The largest absolute Gasteiger partial charge is 0.379 e. The van der Waals surface area contributed by atoms with Crippen LogP contribution in [-0.4, -0.2) is 17.4 Å². The average Bonchev–Trinajstić information content (AvgIpc) is 3.51. The number of hydrogen-bond acceptors (Lipinski definition) is 5. The monoisotopic (exact) mass is 735 g/mol. The van der Waals surface area contributed by atoms with Crippen LogP contribution in [0.3, 0.4) is 0 Å². The zero-order chi connectivity index (χ0) is 38.1. The highest BCUT2D eigenvalue weighted by Crippen LogP contribution is 2.52. The van der Waals surface area contributed by atoms with Crippen molar-refractivity contribution in [2.45, 2.75) is 31.6 Å². The van der Waals surface area contributed by atoms with E-state index in [-0.39, 0.29) is 17.7 Å². The Morgan fingerprint density at radius 2 is 1.39 bits per heavy atom. The standard InChI is InChI=1S/C52H41N5/c1-52(2)44-23-22-35(30-43(44)46-40-19-10-9-13-32(40)21-24-45(46)52)37-27-38(42-31-36-18-11-25-53-47(36)48-41(42)20-12-26-54-48)29-39(28-37)51-56-49(33-14-5-3-6-15-33)55-50(57-51)34-16-7-4-8-17-34/h3-24,26-31,49,51,53,56H,25H2,1-2H3,(H,55,57). The number of nitrogens with one attached hydrogen (secondary N) is 3. The van der Waals surface area contributed by atoms with Crippen molar-refractivity contribution in [3.8, 4) is 33.4 Å². The Balaban J connectivity index is 1.14. The van der Waals surface area contributed by atoms with Gasteiger partial charge in [0.1, 0.15) is 18.2 Å². The van der Waals surface area contributed by atoms with Crippen LogP contribution >= 0.6 is 0 Å². The molecule has 11 rings (SSSR count). The predicted molar refractivity (Wildman–Crippen MR) is 236 cm³/mol. The van der Waals surface area contributed by atoms with E-state index in [0.717, 1.165) is 67.9 Å². The summed E-state index contributed by atoms with van der Waals surface area (Å²) in [6.45, 7) is 5.51. The fraction of sp³-hybridized carbons (Fsp3) is 0.115. The molecule has 1 aromatic heterocycles. The van der Waals surface area contributed by atoms with Crippen molar-refractivity contribution in [2.24, 2.45) is 4.99 Å². The fourth-order valence-corrected chi connectivity index (χ4v) is 9.29. The van der Waals surface area contributed by atoms with E-state index in [9.17, 15) is 0 Å². The molecule has 3 aliphatic rings. The number of aliphatic imine (C=N–C) groups is 1. The maximum atomic E-state index is 5.40. The van der Waals surface area contributed by atoms with Gasteiger partial charge >= 0.3 is 0 Å². The van der Waals surface area contributed by atoms with Crippen LogP contribution in [0.1, 0.15) is 59.6 Å². The summed E-state index contributed by atoms with van der Waals surface area (Å²) in [7, 11) is 0. The van der Waals surface area contributed by atoms with E-state index in [2.05, 4.69) is 188 Å². The first kappa shape index (κ1) is 33.5. The zero-order valence-corrected chi connectivity index (χ0v) is 31.9. The molecule has 0 saturated carbocycles. The third-order valence-electron chi connectivity index (χ3n) is 12.1. The number of fused-ring (bicyclic) bond motifs is 8. The van der Waals surface area contributed by atoms with E-state index >= 15 is 0 Å². The molecular weight excluding hydrogens is 695 g/mol. The molecule has 2 unspecified atom stereocenters. The second-order valence-electron chi connectivity index (χ2n) is 15.9. The van der Waals surface area contributed by atoms with Crippen molar-refractivity contribution in [2.75, 3.05) is 11.9 Å². The topological polar surface area (TPSA) is 61.3 Å². The molecule has 0 amide bonds. The molecule has 2 atom stereocenters. The molecule has 1 aliphatic carbocycles. The molecule has 0 saturated heterocycles. The van der Waals surface area contributed by atoms with Crippen LogP contribution in [0.2, 0.25) is 0 Å². The van der Waals surface area contributed by atoms with E-state index in [4.69, 9.17) is 9.98 Å². The number of pyridine rings is 1. The van der Waals surface area contributed by atoms with Gasteiger partial charge in [-0.3, -0.25) is 10.3 Å². The van der Waals surface area contributed by atoms with E-state index < -0.39 is 0 Å². The number of nitrogens with zero attached hydrogens (tertiary/aromatic N) is 2. The number of benzene rings is 7. The fourth-order valence-electron chi connectivity index (χ4n) is 9.29. The Morgan fingerprint density at radius 3 is 2.26 bits per heavy atom. The quantitative estimate of drug-likeness (QED) is 0.165. The molecule has 7 aromatic carbocycles. The SMILES string of the molecule is CC1(C)c2ccc(-c3cc(-c4cc5c(c6ncccc46)NCC=C5)cc(C4N=C(c5ccccc5)NC(c5ccccc5)N4)c3)cc2-c2c1ccc1ccccc21. The Morgan fingerprint density at radius 1 is 0.614 bits per heavy atom. The Kier molecular flexibility index (Phi) is 7.73. The highest BCUT2D eigenvalue weighted by Gasteiger charge is 2.36. The van der Waals surface area contributed by atoms with Crippen molar-refractivity contribution < 1.29 is 0 Å². The molecular formula is C52H41N5. The van der Waals surface area contributed by atoms with Gasteiger partial charge in [-0.15, -0.1) is 0 Å². The number of anilines is 1. The number of aromatic nitrogens is 1. The first-order valence-electron chi connectivity index (χ1n) is 19.9. The Labute approximate surface area is 332 Å². The van der Waals surface area contributed by atoms with Crippen LogP contribution in [0.15, 0.2) is 169 Å². The normalized spacial score (nSPS) is 17.6. The van der Waals surface area contributed by atoms with Gasteiger partial charge in [0, 0.05) is 34.7 Å². The molecule has 2 aliphatic heterocycles. The first-order chi connectivity index (χ1) is 28.0. The van der Waals surface area contributed by atoms with Crippen LogP contribution in [-0.2, 0) is 5.41 Å². The lowest BCUT2D eigenvalue weighted by Crippen LogP contribution is -2.44. The molecule has 3 N–H and O–H groups in total. The number of amidine groups is 1. The second kappa shape index (κ2) is 13.1. The Hall–Kier alpha value is -6.82. The molecule has 274 valence electrons. The molecule has 8 aromatic rings. The predicted octanol–water partition coefficient (Wildman–Crippen LogP) is 11.8. The molecule has 0 radical (unpaired) electrons. The van der Waals surface area contributed by atoms with Gasteiger partial charge in [0.15, 0.2) is 0 Å². The highest BCUT2D eigenvalue weighted by molar-refractivity contribution is 6.06. The first-order valence-corrected chi connectivity index (χ1v) is 19.9. The molecule has 5 heteroatoms. The van der Waals surface area contributed by atoms with Gasteiger partial charge in [0.2, 0.25) is 0 Å². The van der Waals surface area contributed by atoms with E-state index in [0.29, 0.717) is 0 Å². The second-order valence-corrected chi connectivity index (χ2v) is 15.9. The van der Waals surface area contributed by atoms with Crippen molar-refractivity contribution in [3.63, 3.8) is 0 Å². The van der Waals surface area contributed by atoms with Crippen molar-refractivity contribution in [1.29, 1.82) is 0 Å². The lowest BCUT2D eigenvalue weighted by atomic mass is 9.81. The van der Waals surface area contributed by atoms with E-state index in [1.165, 1.54) is 38.6 Å². The van der Waals surface area contributed by atoms with Crippen LogP contribution in [0.5, 0.6) is 0 Å². The summed E-state index contributed by atoms with van der Waals surface area (Å²) in [6, 6.07) is 55.1. The maximum absolute atomic E-state index is 5.40. The maximum Gasteiger partial charge on any atom is 0.131 e. The summed E-state index contributed by atoms with van der Waals surface area (Å²) < 4.78 is 0. The molecule has 0 spiro atoms. The number of rotatable bonds is 5. The van der Waals surface area contributed by atoms with Gasteiger partial charge in [-0.25, -0.2) is 4.99 Å². The third-order valence-corrected chi connectivity index (χ3v) is 12.1.